The summed E-state index contributed by atoms with van der Waals surface area (Å²) in [4.78, 5) is 36.8. The van der Waals surface area contributed by atoms with Crippen LogP contribution in [0.5, 0.6) is 5.75 Å². The average Bonchev–Trinajstić information content (AvgIpc) is 2.80. The van der Waals surface area contributed by atoms with Gasteiger partial charge in [0.2, 0.25) is 0 Å². The highest BCUT2D eigenvalue weighted by atomic mass is 16.5. The highest BCUT2D eigenvalue weighted by molar-refractivity contribution is 6.07. The van der Waals surface area contributed by atoms with Crippen molar-refractivity contribution in [2.24, 2.45) is 11.8 Å². The summed E-state index contributed by atoms with van der Waals surface area (Å²) in [6.45, 7) is 0. The van der Waals surface area contributed by atoms with Crippen molar-refractivity contribution in [2.45, 2.75) is 25.7 Å². The van der Waals surface area contributed by atoms with Crippen LogP contribution in [0.4, 0.5) is 0 Å². The number of nitrogens with one attached hydrogen (secondary N) is 1. The van der Waals surface area contributed by atoms with Crippen LogP contribution in [0.25, 0.3) is 0 Å². The minimum atomic E-state index is -0.469. The van der Waals surface area contributed by atoms with Gasteiger partial charge in [-0.25, -0.2) is 0 Å². The first-order chi connectivity index (χ1) is 10.6. The SMILES string of the molecule is COc1ccc(C(=O)NN2C(=O)[C@H]3CCCC[C@H]3C2=O)cc1. The lowest BCUT2D eigenvalue weighted by atomic mass is 9.81. The zero-order valence-corrected chi connectivity index (χ0v) is 12.4. The lowest BCUT2D eigenvalue weighted by Crippen LogP contribution is -2.46. The molecule has 0 spiro atoms. The lowest BCUT2D eigenvalue weighted by Gasteiger charge is -2.19. The van der Waals surface area contributed by atoms with Gasteiger partial charge < -0.3 is 4.74 Å². The number of fused-ring (bicyclic) bond motifs is 1. The summed E-state index contributed by atoms with van der Waals surface area (Å²) in [5, 5.41) is 0.910. The molecule has 1 aromatic rings. The standard InChI is InChI=1S/C16H18N2O4/c1-22-11-8-6-10(7-9-11)14(19)17-18-15(20)12-4-2-3-5-13(12)16(18)21/h6-9,12-13H,2-5H2,1H3,(H,17,19)/t12-,13+. The summed E-state index contributed by atoms with van der Waals surface area (Å²) >= 11 is 0. The normalized spacial score (nSPS) is 24.1. The Morgan fingerprint density at radius 1 is 1.09 bits per heavy atom. The number of hydrogen-bond donors (Lipinski definition) is 1. The first-order valence-corrected chi connectivity index (χ1v) is 7.44. The fourth-order valence-corrected chi connectivity index (χ4v) is 3.18. The molecule has 1 aliphatic carbocycles. The van der Waals surface area contributed by atoms with Crippen molar-refractivity contribution in [3.8, 4) is 5.75 Å². The number of carbonyl (C=O) groups excluding carboxylic acids is 3. The summed E-state index contributed by atoms with van der Waals surface area (Å²) in [6.07, 6.45) is 3.37. The number of hydrazine groups is 1. The second kappa shape index (κ2) is 5.79. The van der Waals surface area contributed by atoms with Gasteiger partial charge in [-0.1, -0.05) is 12.8 Å². The van der Waals surface area contributed by atoms with Crippen LogP contribution in [-0.4, -0.2) is 29.8 Å². The molecule has 0 radical (unpaired) electrons. The minimum Gasteiger partial charge on any atom is -0.497 e. The van der Waals surface area contributed by atoms with Gasteiger partial charge in [-0.2, -0.15) is 5.01 Å². The number of nitrogens with zero attached hydrogens (tertiary/aromatic N) is 1. The zero-order chi connectivity index (χ0) is 15.7. The Labute approximate surface area is 128 Å². The Hall–Kier alpha value is -2.37. The van der Waals surface area contributed by atoms with Gasteiger partial charge in [-0.3, -0.25) is 19.8 Å². The molecule has 6 heteroatoms. The quantitative estimate of drug-likeness (QED) is 0.859. The van der Waals surface area contributed by atoms with E-state index in [1.165, 1.54) is 0 Å². The van der Waals surface area contributed by atoms with E-state index >= 15 is 0 Å². The Kier molecular flexibility index (Phi) is 3.83. The second-order valence-corrected chi connectivity index (χ2v) is 5.68. The predicted molar refractivity (Wildman–Crippen MR) is 77.8 cm³/mol. The van der Waals surface area contributed by atoms with Crippen molar-refractivity contribution in [1.29, 1.82) is 0 Å². The summed E-state index contributed by atoms with van der Waals surface area (Å²) < 4.78 is 5.03. The number of carbonyl (C=O) groups is 3. The van der Waals surface area contributed by atoms with Crippen molar-refractivity contribution in [2.75, 3.05) is 7.11 Å². The number of methoxy groups -OCH3 is 1. The molecule has 1 saturated heterocycles. The first-order valence-electron chi connectivity index (χ1n) is 7.44. The molecule has 2 fully saturated rings. The van der Waals surface area contributed by atoms with Gasteiger partial charge >= 0.3 is 0 Å². The molecule has 22 heavy (non-hydrogen) atoms. The fourth-order valence-electron chi connectivity index (χ4n) is 3.18. The van der Waals surface area contributed by atoms with E-state index < -0.39 is 5.91 Å². The second-order valence-electron chi connectivity index (χ2n) is 5.68. The molecule has 0 bridgehead atoms. The van der Waals surface area contributed by atoms with Crippen molar-refractivity contribution >= 4 is 17.7 Å². The number of rotatable bonds is 3. The van der Waals surface area contributed by atoms with Crippen LogP contribution in [0.1, 0.15) is 36.0 Å². The molecule has 1 aliphatic heterocycles. The maximum atomic E-state index is 12.3. The Balaban J connectivity index is 1.73. The smallest absolute Gasteiger partial charge is 0.270 e. The van der Waals surface area contributed by atoms with Gasteiger partial charge in [0.1, 0.15) is 5.75 Å². The molecule has 0 aromatic heterocycles. The van der Waals surface area contributed by atoms with Crippen molar-refractivity contribution in [3.63, 3.8) is 0 Å². The third-order valence-electron chi connectivity index (χ3n) is 4.41. The molecule has 0 unspecified atom stereocenters. The Morgan fingerprint density at radius 3 is 2.14 bits per heavy atom. The molecule has 2 atom stereocenters. The van der Waals surface area contributed by atoms with E-state index in [-0.39, 0.29) is 23.7 Å². The maximum Gasteiger partial charge on any atom is 0.270 e. The van der Waals surface area contributed by atoms with E-state index in [4.69, 9.17) is 4.74 Å². The van der Waals surface area contributed by atoms with E-state index in [1.54, 1.807) is 31.4 Å². The van der Waals surface area contributed by atoms with E-state index in [9.17, 15) is 14.4 Å². The average molecular weight is 302 g/mol. The van der Waals surface area contributed by atoms with Gasteiger partial charge in [-0.05, 0) is 37.1 Å². The molecular weight excluding hydrogens is 284 g/mol. The largest absolute Gasteiger partial charge is 0.497 e. The zero-order valence-electron chi connectivity index (χ0n) is 12.4. The fraction of sp³-hybridized carbons (Fsp3) is 0.438. The van der Waals surface area contributed by atoms with E-state index in [1.807, 2.05) is 0 Å². The molecule has 1 aromatic carbocycles. The monoisotopic (exact) mass is 302 g/mol. The van der Waals surface area contributed by atoms with Gasteiger partial charge in [0.15, 0.2) is 0 Å². The van der Waals surface area contributed by atoms with Crippen LogP contribution in [-0.2, 0) is 9.59 Å². The minimum absolute atomic E-state index is 0.266. The molecule has 116 valence electrons. The third-order valence-corrected chi connectivity index (χ3v) is 4.41. The predicted octanol–water partition coefficient (Wildman–Crippen LogP) is 1.52. The molecule has 1 saturated carbocycles. The van der Waals surface area contributed by atoms with Crippen molar-refractivity contribution < 1.29 is 19.1 Å². The van der Waals surface area contributed by atoms with Crippen molar-refractivity contribution in [3.05, 3.63) is 29.8 Å². The van der Waals surface area contributed by atoms with Gasteiger partial charge in [0.05, 0.1) is 18.9 Å². The number of ether oxygens (including phenoxy) is 1. The summed E-state index contributed by atoms with van der Waals surface area (Å²) in [5.41, 5.74) is 2.81. The van der Waals surface area contributed by atoms with Crippen LogP contribution in [0.2, 0.25) is 0 Å². The van der Waals surface area contributed by atoms with Crippen LogP contribution < -0.4 is 10.2 Å². The molecule has 3 rings (SSSR count). The Morgan fingerprint density at radius 2 is 1.64 bits per heavy atom. The summed E-state index contributed by atoms with van der Waals surface area (Å²) in [5.74, 6) is -0.929. The topological polar surface area (TPSA) is 75.7 Å². The van der Waals surface area contributed by atoms with Crippen LogP contribution in [0.15, 0.2) is 24.3 Å². The first kappa shape index (κ1) is 14.6. The summed E-state index contributed by atoms with van der Waals surface area (Å²) in [7, 11) is 1.54. The maximum absolute atomic E-state index is 12.3. The van der Waals surface area contributed by atoms with E-state index in [2.05, 4.69) is 5.43 Å². The van der Waals surface area contributed by atoms with Gasteiger partial charge in [-0.15, -0.1) is 0 Å². The molecular formula is C16H18N2O4. The molecule has 1 heterocycles. The highest BCUT2D eigenvalue weighted by Crippen LogP contribution is 2.37. The highest BCUT2D eigenvalue weighted by Gasteiger charge is 2.49. The number of amides is 3. The van der Waals surface area contributed by atoms with Gasteiger partial charge in [0.25, 0.3) is 17.7 Å². The molecule has 3 amide bonds. The van der Waals surface area contributed by atoms with E-state index in [0.29, 0.717) is 11.3 Å². The third kappa shape index (κ3) is 2.45. The lowest BCUT2D eigenvalue weighted by molar-refractivity contribution is -0.142. The van der Waals surface area contributed by atoms with Crippen LogP contribution in [0, 0.1) is 11.8 Å². The molecule has 2 aliphatic rings. The van der Waals surface area contributed by atoms with Crippen LogP contribution in [0.3, 0.4) is 0 Å². The van der Waals surface area contributed by atoms with Crippen LogP contribution >= 0.6 is 0 Å². The number of hydrogen-bond acceptors (Lipinski definition) is 4. The molecule has 6 nitrogen and oxygen atoms in total. The summed E-state index contributed by atoms with van der Waals surface area (Å²) in [6, 6.07) is 6.49. The van der Waals surface area contributed by atoms with E-state index in [0.717, 1.165) is 30.7 Å². The molecule has 1 N–H and O–H groups in total. The Bertz CT molecular complexity index is 587. The van der Waals surface area contributed by atoms with Crippen molar-refractivity contribution in [1.82, 2.24) is 10.4 Å². The van der Waals surface area contributed by atoms with Gasteiger partial charge in [0, 0.05) is 5.56 Å². The number of benzene rings is 1. The number of imide groups is 1.